The van der Waals surface area contributed by atoms with Crippen LogP contribution < -0.4 is 4.74 Å². The zero-order valence-electron chi connectivity index (χ0n) is 18.8. The van der Waals surface area contributed by atoms with Crippen molar-refractivity contribution in [3.8, 4) is 5.75 Å². The van der Waals surface area contributed by atoms with Crippen molar-refractivity contribution in [3.63, 3.8) is 0 Å². The molecule has 0 saturated heterocycles. The first kappa shape index (κ1) is 21.7. The number of nitrogens with zero attached hydrogens (tertiary/aromatic N) is 3. The van der Waals surface area contributed by atoms with E-state index >= 15 is 0 Å². The van der Waals surface area contributed by atoms with Gasteiger partial charge in [-0.2, -0.15) is 0 Å². The fraction of sp³-hybridized carbons (Fsp3) is 0.308. The summed E-state index contributed by atoms with van der Waals surface area (Å²) in [6, 6.07) is 19.7. The van der Waals surface area contributed by atoms with Gasteiger partial charge >= 0.3 is 0 Å². The van der Waals surface area contributed by atoms with Crippen LogP contribution in [0.5, 0.6) is 5.75 Å². The SMILES string of the molecule is CC[C@@H](C)c1ccc(OCCn2c(CN(C)C(=O)c3ccco3)nc3ccccc32)cc1. The predicted molar refractivity (Wildman–Crippen MR) is 125 cm³/mol. The second-order valence-corrected chi connectivity index (χ2v) is 8.03. The molecule has 6 heteroatoms. The van der Waals surface area contributed by atoms with Crippen molar-refractivity contribution >= 4 is 16.9 Å². The van der Waals surface area contributed by atoms with Crippen molar-refractivity contribution in [1.29, 1.82) is 0 Å². The van der Waals surface area contributed by atoms with Crippen LogP contribution in [0.1, 0.15) is 48.1 Å². The molecule has 0 bridgehead atoms. The summed E-state index contributed by atoms with van der Waals surface area (Å²) in [7, 11) is 1.75. The van der Waals surface area contributed by atoms with Gasteiger partial charge in [0.1, 0.15) is 18.2 Å². The highest BCUT2D eigenvalue weighted by atomic mass is 16.5. The maximum Gasteiger partial charge on any atom is 0.289 e. The van der Waals surface area contributed by atoms with Gasteiger partial charge in [0.15, 0.2) is 5.76 Å². The van der Waals surface area contributed by atoms with E-state index in [0.29, 0.717) is 31.4 Å². The van der Waals surface area contributed by atoms with Crippen molar-refractivity contribution in [1.82, 2.24) is 14.5 Å². The molecule has 6 nitrogen and oxygen atoms in total. The Labute approximate surface area is 188 Å². The summed E-state index contributed by atoms with van der Waals surface area (Å²) in [6.07, 6.45) is 2.62. The monoisotopic (exact) mass is 431 g/mol. The fourth-order valence-corrected chi connectivity index (χ4v) is 3.75. The number of imidazole rings is 1. The van der Waals surface area contributed by atoms with E-state index in [1.54, 1.807) is 24.1 Å². The van der Waals surface area contributed by atoms with E-state index in [4.69, 9.17) is 14.1 Å². The lowest BCUT2D eigenvalue weighted by Gasteiger charge is -2.17. The largest absolute Gasteiger partial charge is 0.492 e. The van der Waals surface area contributed by atoms with Gasteiger partial charge in [-0.25, -0.2) is 4.98 Å². The maximum absolute atomic E-state index is 12.6. The average molecular weight is 432 g/mol. The third kappa shape index (κ3) is 4.69. The molecule has 0 aliphatic heterocycles. The predicted octanol–water partition coefficient (Wildman–Crippen LogP) is 5.49. The molecule has 4 aromatic rings. The van der Waals surface area contributed by atoms with Gasteiger partial charge in [0.25, 0.3) is 5.91 Å². The third-order valence-electron chi connectivity index (χ3n) is 5.84. The zero-order valence-corrected chi connectivity index (χ0v) is 18.8. The normalized spacial score (nSPS) is 12.1. The Bertz CT molecular complexity index is 1160. The highest BCUT2D eigenvalue weighted by Gasteiger charge is 2.18. The Morgan fingerprint density at radius 1 is 1.12 bits per heavy atom. The molecule has 0 saturated carbocycles. The van der Waals surface area contributed by atoms with Gasteiger partial charge in [0.05, 0.1) is 30.4 Å². The first-order valence-electron chi connectivity index (χ1n) is 11.0. The van der Waals surface area contributed by atoms with Crippen LogP contribution in [0.2, 0.25) is 0 Å². The standard InChI is InChI=1S/C26H29N3O3/c1-4-19(2)20-11-13-21(14-12-20)31-17-15-29-23-9-6-5-8-22(23)27-25(29)18-28(3)26(30)24-10-7-16-32-24/h5-14,16,19H,4,15,17-18H2,1-3H3/t19-/m1/s1. The average Bonchev–Trinajstić information content (AvgIpc) is 3.47. The van der Waals surface area contributed by atoms with Gasteiger partial charge in [-0.1, -0.05) is 38.1 Å². The highest BCUT2D eigenvalue weighted by Crippen LogP contribution is 2.22. The summed E-state index contributed by atoms with van der Waals surface area (Å²) >= 11 is 0. The van der Waals surface area contributed by atoms with Crippen LogP contribution in [0.3, 0.4) is 0 Å². The van der Waals surface area contributed by atoms with Gasteiger partial charge in [-0.05, 0) is 54.3 Å². The Balaban J connectivity index is 1.47. The number of carbonyl (C=O) groups excluding carboxylic acids is 1. The number of amides is 1. The van der Waals surface area contributed by atoms with Crippen LogP contribution in [0.25, 0.3) is 11.0 Å². The van der Waals surface area contributed by atoms with E-state index < -0.39 is 0 Å². The van der Waals surface area contributed by atoms with Crippen LogP contribution in [0.4, 0.5) is 0 Å². The van der Waals surface area contributed by atoms with E-state index in [1.165, 1.54) is 11.8 Å². The minimum Gasteiger partial charge on any atom is -0.492 e. The van der Waals surface area contributed by atoms with Crippen molar-refractivity contribution in [2.45, 2.75) is 39.3 Å². The molecular formula is C26H29N3O3. The summed E-state index contributed by atoms with van der Waals surface area (Å²) in [6.45, 7) is 5.94. The molecule has 2 aromatic carbocycles. The van der Waals surface area contributed by atoms with Crippen LogP contribution in [0.15, 0.2) is 71.3 Å². The van der Waals surface area contributed by atoms with Crippen LogP contribution in [0, 0.1) is 0 Å². The minimum absolute atomic E-state index is 0.175. The Kier molecular flexibility index (Phi) is 6.59. The van der Waals surface area contributed by atoms with Crippen molar-refractivity contribution < 1.29 is 13.9 Å². The number of carbonyl (C=O) groups is 1. The summed E-state index contributed by atoms with van der Waals surface area (Å²) in [5.74, 6) is 2.35. The molecule has 1 atom stereocenters. The molecule has 0 aliphatic carbocycles. The quantitative estimate of drug-likeness (QED) is 0.351. The molecule has 4 rings (SSSR count). The van der Waals surface area contributed by atoms with Crippen LogP contribution >= 0.6 is 0 Å². The molecule has 1 amide bonds. The van der Waals surface area contributed by atoms with Gasteiger partial charge < -0.3 is 18.6 Å². The molecule has 0 fully saturated rings. The summed E-state index contributed by atoms with van der Waals surface area (Å²) in [5.41, 5.74) is 3.25. The van der Waals surface area contributed by atoms with E-state index in [2.05, 4.69) is 30.5 Å². The van der Waals surface area contributed by atoms with Crippen LogP contribution in [-0.4, -0.2) is 34.0 Å². The van der Waals surface area contributed by atoms with Crippen molar-refractivity contribution in [3.05, 3.63) is 84.1 Å². The van der Waals surface area contributed by atoms with E-state index in [0.717, 1.165) is 29.0 Å². The van der Waals surface area contributed by atoms with Crippen LogP contribution in [-0.2, 0) is 13.1 Å². The molecule has 0 unspecified atom stereocenters. The molecule has 0 N–H and O–H groups in total. The first-order valence-corrected chi connectivity index (χ1v) is 11.0. The first-order chi connectivity index (χ1) is 15.6. The fourth-order valence-electron chi connectivity index (χ4n) is 3.75. The maximum atomic E-state index is 12.6. The summed E-state index contributed by atoms with van der Waals surface area (Å²) < 4.78 is 13.4. The van der Waals surface area contributed by atoms with Gasteiger partial charge in [0, 0.05) is 7.05 Å². The summed E-state index contributed by atoms with van der Waals surface area (Å²) in [4.78, 5) is 19.0. The van der Waals surface area contributed by atoms with Gasteiger partial charge in [-0.15, -0.1) is 0 Å². The number of fused-ring (bicyclic) bond motifs is 1. The van der Waals surface area contributed by atoms with E-state index in [9.17, 15) is 4.79 Å². The summed E-state index contributed by atoms with van der Waals surface area (Å²) in [5, 5.41) is 0. The number of hydrogen-bond acceptors (Lipinski definition) is 4. The molecule has 166 valence electrons. The van der Waals surface area contributed by atoms with Crippen molar-refractivity contribution in [2.75, 3.05) is 13.7 Å². The Morgan fingerprint density at radius 2 is 1.91 bits per heavy atom. The molecule has 32 heavy (non-hydrogen) atoms. The van der Waals surface area contributed by atoms with E-state index in [-0.39, 0.29) is 5.91 Å². The van der Waals surface area contributed by atoms with Crippen molar-refractivity contribution in [2.24, 2.45) is 0 Å². The van der Waals surface area contributed by atoms with E-state index in [1.807, 2.05) is 36.4 Å². The second-order valence-electron chi connectivity index (χ2n) is 8.03. The van der Waals surface area contributed by atoms with Gasteiger partial charge in [-0.3, -0.25) is 4.79 Å². The zero-order chi connectivity index (χ0) is 22.5. The molecular weight excluding hydrogens is 402 g/mol. The number of hydrogen-bond donors (Lipinski definition) is 0. The lowest BCUT2D eigenvalue weighted by atomic mass is 9.99. The number of rotatable bonds is 9. The smallest absolute Gasteiger partial charge is 0.289 e. The molecule has 0 spiro atoms. The number of para-hydroxylation sites is 2. The number of furan rings is 1. The lowest BCUT2D eigenvalue weighted by Crippen LogP contribution is -2.27. The number of ether oxygens (including phenoxy) is 1. The highest BCUT2D eigenvalue weighted by molar-refractivity contribution is 5.91. The Hall–Kier alpha value is -3.54. The molecule has 2 heterocycles. The Morgan fingerprint density at radius 3 is 2.62 bits per heavy atom. The number of benzene rings is 2. The minimum atomic E-state index is -0.175. The topological polar surface area (TPSA) is 60.5 Å². The molecule has 2 aromatic heterocycles. The lowest BCUT2D eigenvalue weighted by molar-refractivity contribution is 0.0748. The molecule has 0 radical (unpaired) electrons. The second kappa shape index (κ2) is 9.73. The molecule has 0 aliphatic rings. The van der Waals surface area contributed by atoms with Gasteiger partial charge in [0.2, 0.25) is 0 Å². The third-order valence-corrected chi connectivity index (χ3v) is 5.84. The number of aromatic nitrogens is 2.